The highest BCUT2D eigenvalue weighted by Gasteiger charge is 2.40. The molecule has 1 saturated carbocycles. The van der Waals surface area contributed by atoms with Crippen molar-refractivity contribution >= 4 is 17.2 Å². The number of fused-ring (bicyclic) bond motifs is 1. The van der Waals surface area contributed by atoms with Gasteiger partial charge in [-0.3, -0.25) is 5.10 Å². The number of aldehydes is 1. The number of carbonyl (C=O) groups excluding carboxylic acids is 1. The molecule has 2 aromatic rings. The first-order chi connectivity index (χ1) is 6.90. The first-order valence-electron chi connectivity index (χ1n) is 4.78. The van der Waals surface area contributed by atoms with Crippen LogP contribution in [-0.4, -0.2) is 16.5 Å². The molecule has 0 bridgehead atoms. The molecule has 0 spiro atoms. The lowest BCUT2D eigenvalue weighted by molar-refractivity contribution is -0.108. The van der Waals surface area contributed by atoms with Crippen LogP contribution in [-0.2, 0) is 4.79 Å². The van der Waals surface area contributed by atoms with E-state index in [4.69, 9.17) is 0 Å². The Balaban J connectivity index is 2.10. The second kappa shape index (κ2) is 2.67. The molecule has 0 amide bonds. The van der Waals surface area contributed by atoms with Gasteiger partial charge in [-0.2, -0.15) is 5.10 Å². The van der Waals surface area contributed by atoms with Gasteiger partial charge in [-0.25, -0.2) is 0 Å². The molecule has 3 nitrogen and oxygen atoms in total. The van der Waals surface area contributed by atoms with Crippen LogP contribution in [0.25, 0.3) is 10.9 Å². The molecule has 1 N–H and O–H groups in total. The SMILES string of the molecule is O=CC1CC1c1n[nH]c2ccccc12. The van der Waals surface area contributed by atoms with Crippen LogP contribution in [0.2, 0.25) is 0 Å². The molecule has 1 aliphatic rings. The van der Waals surface area contributed by atoms with E-state index in [1.165, 1.54) is 0 Å². The van der Waals surface area contributed by atoms with E-state index in [0.717, 1.165) is 29.3 Å². The van der Waals surface area contributed by atoms with Crippen molar-refractivity contribution in [3.63, 3.8) is 0 Å². The number of benzene rings is 1. The second-order valence-electron chi connectivity index (χ2n) is 3.80. The Morgan fingerprint density at radius 2 is 2.29 bits per heavy atom. The first-order valence-corrected chi connectivity index (χ1v) is 4.78. The third-order valence-corrected chi connectivity index (χ3v) is 2.87. The number of nitrogens with one attached hydrogen (secondary N) is 1. The average molecular weight is 186 g/mol. The topological polar surface area (TPSA) is 45.8 Å². The zero-order valence-corrected chi connectivity index (χ0v) is 7.60. The number of nitrogens with zero attached hydrogens (tertiary/aromatic N) is 1. The van der Waals surface area contributed by atoms with Gasteiger partial charge in [0.1, 0.15) is 6.29 Å². The quantitative estimate of drug-likeness (QED) is 0.727. The normalized spacial score (nSPS) is 25.1. The minimum Gasteiger partial charge on any atom is -0.303 e. The fraction of sp³-hybridized carbons (Fsp3) is 0.273. The number of carbonyl (C=O) groups is 1. The molecule has 3 rings (SSSR count). The lowest BCUT2D eigenvalue weighted by atomic mass is 10.1. The highest BCUT2D eigenvalue weighted by atomic mass is 16.1. The van der Waals surface area contributed by atoms with Gasteiger partial charge in [0.05, 0.1) is 11.2 Å². The van der Waals surface area contributed by atoms with E-state index in [-0.39, 0.29) is 5.92 Å². The van der Waals surface area contributed by atoms with Crippen LogP contribution in [0.5, 0.6) is 0 Å². The molecule has 0 radical (unpaired) electrons. The smallest absolute Gasteiger partial charge is 0.123 e. The van der Waals surface area contributed by atoms with E-state index in [2.05, 4.69) is 10.2 Å². The number of aromatic amines is 1. The van der Waals surface area contributed by atoms with Crippen molar-refractivity contribution < 1.29 is 4.79 Å². The number of para-hydroxylation sites is 1. The summed E-state index contributed by atoms with van der Waals surface area (Å²) in [6.45, 7) is 0. The van der Waals surface area contributed by atoms with Crippen LogP contribution in [0, 0.1) is 5.92 Å². The van der Waals surface area contributed by atoms with E-state index in [1.54, 1.807) is 0 Å². The lowest BCUT2D eigenvalue weighted by Crippen LogP contribution is -1.85. The second-order valence-corrected chi connectivity index (χ2v) is 3.80. The summed E-state index contributed by atoms with van der Waals surface area (Å²) in [5.41, 5.74) is 2.11. The number of rotatable bonds is 2. The van der Waals surface area contributed by atoms with Gasteiger partial charge < -0.3 is 4.79 Å². The van der Waals surface area contributed by atoms with Crippen LogP contribution in [0.15, 0.2) is 24.3 Å². The fourth-order valence-corrected chi connectivity index (χ4v) is 1.95. The number of hydrogen-bond acceptors (Lipinski definition) is 2. The Morgan fingerprint density at radius 3 is 3.07 bits per heavy atom. The monoisotopic (exact) mass is 186 g/mol. The largest absolute Gasteiger partial charge is 0.303 e. The third kappa shape index (κ3) is 0.985. The van der Waals surface area contributed by atoms with Crippen molar-refractivity contribution in [1.82, 2.24) is 10.2 Å². The molecule has 0 saturated heterocycles. The fourth-order valence-electron chi connectivity index (χ4n) is 1.95. The van der Waals surface area contributed by atoms with E-state index in [1.807, 2.05) is 24.3 Å². The first kappa shape index (κ1) is 7.74. The summed E-state index contributed by atoms with van der Waals surface area (Å²) in [4.78, 5) is 10.6. The molecule has 3 heteroatoms. The molecule has 1 fully saturated rings. The van der Waals surface area contributed by atoms with Gasteiger partial charge in [-0.1, -0.05) is 18.2 Å². The Bertz CT molecular complexity index is 489. The Labute approximate surface area is 81.1 Å². The van der Waals surface area contributed by atoms with Crippen molar-refractivity contribution in [2.24, 2.45) is 5.92 Å². The standard InChI is InChI=1S/C11H10N2O/c14-6-7-5-9(7)11-8-3-1-2-4-10(8)12-13-11/h1-4,6-7,9H,5H2,(H,12,13). The molecule has 2 unspecified atom stereocenters. The molecular weight excluding hydrogens is 176 g/mol. The van der Waals surface area contributed by atoms with Gasteiger partial charge in [0.15, 0.2) is 0 Å². The summed E-state index contributed by atoms with van der Waals surface area (Å²) in [6.07, 6.45) is 1.99. The van der Waals surface area contributed by atoms with E-state index < -0.39 is 0 Å². The maximum atomic E-state index is 10.6. The van der Waals surface area contributed by atoms with E-state index >= 15 is 0 Å². The third-order valence-electron chi connectivity index (χ3n) is 2.87. The highest BCUT2D eigenvalue weighted by Crippen LogP contribution is 2.47. The number of H-pyrrole nitrogens is 1. The molecule has 14 heavy (non-hydrogen) atoms. The van der Waals surface area contributed by atoms with Gasteiger partial charge in [-0.15, -0.1) is 0 Å². The summed E-state index contributed by atoms with van der Waals surface area (Å²) >= 11 is 0. The van der Waals surface area contributed by atoms with Gasteiger partial charge in [0.2, 0.25) is 0 Å². The molecule has 70 valence electrons. The molecule has 0 aliphatic heterocycles. The summed E-state index contributed by atoms with van der Waals surface area (Å²) in [7, 11) is 0. The Morgan fingerprint density at radius 1 is 1.43 bits per heavy atom. The molecule has 2 atom stereocenters. The summed E-state index contributed by atoms with van der Waals surface area (Å²) in [5.74, 6) is 0.547. The number of aromatic nitrogens is 2. The van der Waals surface area contributed by atoms with Crippen molar-refractivity contribution in [3.05, 3.63) is 30.0 Å². The summed E-state index contributed by atoms with van der Waals surface area (Å²) < 4.78 is 0. The minimum absolute atomic E-state index is 0.196. The zero-order chi connectivity index (χ0) is 9.54. The van der Waals surface area contributed by atoms with Gasteiger partial charge in [-0.05, 0) is 12.5 Å². The zero-order valence-electron chi connectivity index (χ0n) is 7.60. The van der Waals surface area contributed by atoms with Crippen LogP contribution in [0.3, 0.4) is 0 Å². The average Bonchev–Trinajstić information content (AvgIpc) is 2.90. The van der Waals surface area contributed by atoms with Crippen molar-refractivity contribution in [2.45, 2.75) is 12.3 Å². The van der Waals surface area contributed by atoms with E-state index in [0.29, 0.717) is 5.92 Å². The molecule has 1 aliphatic carbocycles. The summed E-state index contributed by atoms with van der Waals surface area (Å²) in [6, 6.07) is 8.03. The maximum Gasteiger partial charge on any atom is 0.123 e. The van der Waals surface area contributed by atoms with Crippen LogP contribution in [0.1, 0.15) is 18.0 Å². The molecule has 1 heterocycles. The maximum absolute atomic E-state index is 10.6. The number of hydrogen-bond donors (Lipinski definition) is 1. The van der Waals surface area contributed by atoms with Crippen LogP contribution >= 0.6 is 0 Å². The summed E-state index contributed by atoms with van der Waals surface area (Å²) in [5, 5.41) is 8.41. The molecule has 1 aromatic carbocycles. The molecule has 1 aromatic heterocycles. The Kier molecular flexibility index (Phi) is 1.48. The van der Waals surface area contributed by atoms with Crippen LogP contribution in [0.4, 0.5) is 0 Å². The predicted octanol–water partition coefficient (Wildman–Crippen LogP) is 1.87. The lowest BCUT2D eigenvalue weighted by Gasteiger charge is -1.91. The Hall–Kier alpha value is -1.64. The van der Waals surface area contributed by atoms with Gasteiger partial charge in [0.25, 0.3) is 0 Å². The van der Waals surface area contributed by atoms with Gasteiger partial charge in [0, 0.05) is 17.2 Å². The highest BCUT2D eigenvalue weighted by molar-refractivity contribution is 5.83. The minimum atomic E-state index is 0.196. The van der Waals surface area contributed by atoms with Gasteiger partial charge >= 0.3 is 0 Å². The van der Waals surface area contributed by atoms with E-state index in [9.17, 15) is 4.79 Å². The van der Waals surface area contributed by atoms with Crippen molar-refractivity contribution in [2.75, 3.05) is 0 Å². The molecular formula is C11H10N2O. The predicted molar refractivity (Wildman–Crippen MR) is 53.0 cm³/mol. The van der Waals surface area contributed by atoms with Crippen LogP contribution < -0.4 is 0 Å². The van der Waals surface area contributed by atoms with Crippen molar-refractivity contribution in [1.29, 1.82) is 0 Å². The van der Waals surface area contributed by atoms with Crippen molar-refractivity contribution in [3.8, 4) is 0 Å².